The number of hydrogen-bond donors (Lipinski definition) is 0. The Labute approximate surface area is 99.1 Å². The normalized spacial score (nSPS) is 10.4. The molecule has 0 aromatic heterocycles. The number of nitrogens with zero attached hydrogens (tertiary/aromatic N) is 1. The van der Waals surface area contributed by atoms with Crippen molar-refractivity contribution in [1.82, 2.24) is 0 Å². The summed E-state index contributed by atoms with van der Waals surface area (Å²) in [7, 11) is 0. The maximum atomic E-state index is 12.0. The lowest BCUT2D eigenvalue weighted by atomic mass is 10.1. The van der Waals surface area contributed by atoms with Crippen molar-refractivity contribution in [3.8, 4) is 5.75 Å². The van der Waals surface area contributed by atoms with Gasteiger partial charge in [-0.25, -0.2) is 0 Å². The molecule has 0 aliphatic heterocycles. The molecule has 1 aromatic carbocycles. The zero-order valence-electron chi connectivity index (χ0n) is 8.45. The maximum absolute atomic E-state index is 12.0. The first-order valence-electron chi connectivity index (χ1n) is 4.26. The second-order valence-electron chi connectivity index (χ2n) is 3.00. The fourth-order valence-electron chi connectivity index (χ4n) is 1.12. The third-order valence-corrected chi connectivity index (χ3v) is 2.11. The lowest BCUT2D eigenvalue weighted by Gasteiger charge is -2.08. The van der Waals surface area contributed by atoms with Gasteiger partial charge >= 0.3 is 12.3 Å². The topological polar surface area (TPSA) is 69.4 Å². The van der Waals surface area contributed by atoms with E-state index >= 15 is 0 Å². The van der Waals surface area contributed by atoms with E-state index in [-0.39, 0.29) is 5.56 Å². The molecule has 17 heavy (non-hydrogen) atoms. The molecule has 1 aromatic rings. The Hall–Kier alpha value is -1.76. The van der Waals surface area contributed by atoms with Crippen molar-refractivity contribution in [2.75, 3.05) is 0 Å². The van der Waals surface area contributed by atoms with Crippen LogP contribution < -0.4 is 4.74 Å². The Morgan fingerprint density at radius 2 is 2.12 bits per heavy atom. The number of halogens is 3. The van der Waals surface area contributed by atoms with E-state index in [1.807, 2.05) is 0 Å². The van der Waals surface area contributed by atoms with E-state index in [2.05, 4.69) is 4.74 Å². The first-order valence-corrected chi connectivity index (χ1v) is 4.64. The fourth-order valence-corrected chi connectivity index (χ4v) is 1.38. The zero-order chi connectivity index (χ0) is 13.2. The minimum atomic E-state index is -3.24. The molecule has 0 saturated carbocycles. The predicted molar refractivity (Wildman–Crippen MR) is 54.7 cm³/mol. The van der Waals surface area contributed by atoms with Crippen molar-refractivity contribution in [1.29, 1.82) is 0 Å². The van der Waals surface area contributed by atoms with Gasteiger partial charge in [-0.2, -0.15) is 8.78 Å². The van der Waals surface area contributed by atoms with E-state index in [1.54, 1.807) is 0 Å². The van der Waals surface area contributed by atoms with Crippen LogP contribution >= 0.6 is 11.6 Å². The molecule has 8 heteroatoms. The van der Waals surface area contributed by atoms with E-state index in [4.69, 9.17) is 11.6 Å². The van der Waals surface area contributed by atoms with Crippen LogP contribution in [0.1, 0.15) is 17.3 Å². The summed E-state index contributed by atoms with van der Waals surface area (Å²) in [5, 5.41) is 10.2. The van der Waals surface area contributed by atoms with Gasteiger partial charge < -0.3 is 4.74 Å². The average molecular weight is 266 g/mol. The zero-order valence-corrected chi connectivity index (χ0v) is 9.20. The number of benzene rings is 1. The molecule has 5 nitrogen and oxygen atoms in total. The van der Waals surface area contributed by atoms with E-state index < -0.39 is 33.8 Å². The van der Waals surface area contributed by atoms with Crippen LogP contribution in [0.4, 0.5) is 14.5 Å². The highest BCUT2D eigenvalue weighted by Gasteiger charge is 2.24. The van der Waals surface area contributed by atoms with Crippen molar-refractivity contribution in [3.63, 3.8) is 0 Å². The van der Waals surface area contributed by atoms with Crippen LogP contribution in [0.2, 0.25) is 5.02 Å². The largest absolute Gasteiger partial charge is 0.426 e. The number of carbonyl (C=O) groups is 1. The molecule has 0 aliphatic carbocycles. The van der Waals surface area contributed by atoms with Gasteiger partial charge in [0.2, 0.25) is 5.75 Å². The van der Waals surface area contributed by atoms with Gasteiger partial charge in [-0.15, -0.1) is 0 Å². The van der Waals surface area contributed by atoms with Crippen LogP contribution in [0.25, 0.3) is 0 Å². The third-order valence-electron chi connectivity index (χ3n) is 1.83. The molecule has 0 saturated heterocycles. The summed E-state index contributed by atoms with van der Waals surface area (Å²) in [6.07, 6.45) is 0. The summed E-state index contributed by atoms with van der Waals surface area (Å²) in [4.78, 5) is 20.7. The minimum absolute atomic E-state index is 0.0525. The Kier molecular flexibility index (Phi) is 3.95. The van der Waals surface area contributed by atoms with Crippen LogP contribution in [0.5, 0.6) is 5.75 Å². The Bertz CT molecular complexity index is 478. The van der Waals surface area contributed by atoms with Crippen LogP contribution in [-0.2, 0) is 0 Å². The van der Waals surface area contributed by atoms with Crippen LogP contribution in [-0.4, -0.2) is 17.3 Å². The van der Waals surface area contributed by atoms with Crippen molar-refractivity contribution < 1.29 is 23.2 Å². The van der Waals surface area contributed by atoms with Gasteiger partial charge in [0.1, 0.15) is 0 Å². The summed E-state index contributed by atoms with van der Waals surface area (Å²) in [6, 6.07) is 1.88. The molecule has 92 valence electrons. The number of ketones is 1. The molecule has 0 unspecified atom stereocenters. The van der Waals surface area contributed by atoms with E-state index in [1.165, 1.54) is 6.92 Å². The van der Waals surface area contributed by atoms with Gasteiger partial charge in [0.05, 0.1) is 9.95 Å². The second-order valence-corrected chi connectivity index (χ2v) is 3.41. The molecule has 0 fully saturated rings. The quantitative estimate of drug-likeness (QED) is 0.477. The average Bonchev–Trinajstić information content (AvgIpc) is 2.19. The fraction of sp³-hybridized carbons (Fsp3) is 0.222. The smallest absolute Gasteiger partial charge is 0.387 e. The van der Waals surface area contributed by atoms with Crippen LogP contribution in [0.3, 0.4) is 0 Å². The van der Waals surface area contributed by atoms with Crippen molar-refractivity contribution in [2.45, 2.75) is 13.5 Å². The summed E-state index contributed by atoms with van der Waals surface area (Å²) in [5.74, 6) is -1.23. The number of ether oxygens (including phenoxy) is 1. The first kappa shape index (κ1) is 13.3. The summed E-state index contributed by atoms with van der Waals surface area (Å²) in [5.41, 5.74) is -0.827. The van der Waals surface area contributed by atoms with Crippen molar-refractivity contribution in [2.24, 2.45) is 0 Å². The number of alkyl halides is 2. The van der Waals surface area contributed by atoms with Crippen molar-refractivity contribution >= 4 is 23.1 Å². The van der Waals surface area contributed by atoms with Crippen LogP contribution in [0, 0.1) is 10.1 Å². The highest BCUT2D eigenvalue weighted by molar-refractivity contribution is 6.32. The number of nitro groups is 1. The first-order chi connectivity index (χ1) is 7.82. The molecule has 1 rings (SSSR count). The van der Waals surface area contributed by atoms with Gasteiger partial charge in [0.25, 0.3) is 0 Å². The SMILES string of the molecule is CC(=O)c1cc(Cl)c(OC(F)F)c([N+](=O)[O-])c1. The van der Waals surface area contributed by atoms with Crippen molar-refractivity contribution in [3.05, 3.63) is 32.8 Å². The van der Waals surface area contributed by atoms with Gasteiger partial charge in [-0.05, 0) is 13.0 Å². The summed E-state index contributed by atoms with van der Waals surface area (Å²) >= 11 is 5.55. The van der Waals surface area contributed by atoms with Gasteiger partial charge in [-0.3, -0.25) is 14.9 Å². The molecule has 0 N–H and O–H groups in total. The molecule has 0 atom stereocenters. The number of rotatable bonds is 4. The van der Waals surface area contributed by atoms with Crippen LogP contribution in [0.15, 0.2) is 12.1 Å². The van der Waals surface area contributed by atoms with E-state index in [0.717, 1.165) is 12.1 Å². The Balaban J connectivity index is 3.38. The number of Topliss-reactive ketones (excluding diaryl/α,β-unsaturated/α-hetero) is 1. The molecule has 0 aliphatic rings. The molecular formula is C9H6ClF2NO4. The summed E-state index contributed by atoms with van der Waals surface area (Å²) < 4.78 is 28.0. The predicted octanol–water partition coefficient (Wildman–Crippen LogP) is 3.05. The van der Waals surface area contributed by atoms with E-state index in [0.29, 0.717) is 0 Å². The van der Waals surface area contributed by atoms with Gasteiger partial charge in [0, 0.05) is 11.6 Å². The molecule has 0 radical (unpaired) electrons. The second kappa shape index (κ2) is 5.05. The molecule has 0 amide bonds. The third kappa shape index (κ3) is 3.10. The Morgan fingerprint density at radius 3 is 2.53 bits per heavy atom. The standard InChI is InChI=1S/C9H6ClF2NO4/c1-4(14)5-2-6(10)8(17-9(11)12)7(3-5)13(15)16/h2-3,9H,1H3. The van der Waals surface area contributed by atoms with Gasteiger partial charge in [-0.1, -0.05) is 11.6 Å². The number of carbonyl (C=O) groups excluding carboxylic acids is 1. The Morgan fingerprint density at radius 1 is 1.53 bits per heavy atom. The number of hydrogen-bond acceptors (Lipinski definition) is 4. The lowest BCUT2D eigenvalue weighted by Crippen LogP contribution is -2.06. The van der Waals surface area contributed by atoms with E-state index in [9.17, 15) is 23.7 Å². The van der Waals surface area contributed by atoms with Gasteiger partial charge in [0.15, 0.2) is 5.78 Å². The molecule has 0 heterocycles. The summed E-state index contributed by atoms with van der Waals surface area (Å²) in [6.45, 7) is -2.07. The minimum Gasteiger partial charge on any atom is -0.426 e. The molecule has 0 spiro atoms. The molecule has 0 bridgehead atoms. The maximum Gasteiger partial charge on any atom is 0.387 e. The molecular weight excluding hydrogens is 260 g/mol. The highest BCUT2D eigenvalue weighted by Crippen LogP contribution is 2.37. The highest BCUT2D eigenvalue weighted by atomic mass is 35.5. The lowest BCUT2D eigenvalue weighted by molar-refractivity contribution is -0.386. The number of nitro benzene ring substituents is 1. The monoisotopic (exact) mass is 265 g/mol.